The van der Waals surface area contributed by atoms with Crippen molar-refractivity contribution in [3.8, 4) is 11.8 Å². The Morgan fingerprint density at radius 2 is 1.89 bits per heavy atom. The van der Waals surface area contributed by atoms with Crippen molar-refractivity contribution in [1.29, 1.82) is 5.26 Å². The van der Waals surface area contributed by atoms with E-state index in [9.17, 15) is 19.2 Å². The van der Waals surface area contributed by atoms with Crippen molar-refractivity contribution in [2.75, 3.05) is 17.3 Å². The van der Waals surface area contributed by atoms with Gasteiger partial charge in [-0.15, -0.1) is 0 Å². The highest BCUT2D eigenvalue weighted by Gasteiger charge is 2.41. The molecule has 0 saturated carbocycles. The number of nitrogens with one attached hydrogen (secondary N) is 1. The fraction of sp³-hybridized carbons (Fsp3) is 0.148. The van der Waals surface area contributed by atoms with Crippen molar-refractivity contribution < 1.29 is 18.7 Å². The first-order valence-corrected chi connectivity index (χ1v) is 11.7. The number of rotatable bonds is 6. The summed E-state index contributed by atoms with van der Waals surface area (Å²) >= 11 is 1.08. The summed E-state index contributed by atoms with van der Waals surface area (Å²) in [4.78, 5) is 28.0. The summed E-state index contributed by atoms with van der Waals surface area (Å²) in [5.74, 6) is -0.779. The maximum absolute atomic E-state index is 14.3. The molecule has 0 radical (unpaired) electrons. The van der Waals surface area contributed by atoms with E-state index in [1.807, 2.05) is 19.1 Å². The quantitative estimate of drug-likeness (QED) is 0.381. The second kappa shape index (κ2) is 10.5. The number of carbonyl (C=O) groups excluding carboxylic acids is 2. The van der Waals surface area contributed by atoms with E-state index >= 15 is 0 Å². The van der Waals surface area contributed by atoms with Gasteiger partial charge in [0.25, 0.3) is 5.91 Å². The van der Waals surface area contributed by atoms with Gasteiger partial charge in [0, 0.05) is 11.4 Å². The van der Waals surface area contributed by atoms with E-state index < -0.39 is 17.0 Å². The van der Waals surface area contributed by atoms with Crippen molar-refractivity contribution >= 4 is 35.0 Å². The van der Waals surface area contributed by atoms with Gasteiger partial charge < -0.3 is 10.1 Å². The van der Waals surface area contributed by atoms with E-state index in [0.29, 0.717) is 22.7 Å². The highest BCUT2D eigenvalue weighted by Crippen LogP contribution is 2.42. The number of halogens is 1. The van der Waals surface area contributed by atoms with Crippen molar-refractivity contribution in [2.45, 2.75) is 18.6 Å². The normalized spacial score (nSPS) is 16.6. The van der Waals surface area contributed by atoms with E-state index in [1.54, 1.807) is 60.7 Å². The van der Waals surface area contributed by atoms with Crippen LogP contribution in [-0.4, -0.2) is 24.2 Å². The van der Waals surface area contributed by atoms with Gasteiger partial charge >= 0.3 is 0 Å². The molecule has 1 unspecified atom stereocenters. The molecule has 3 aromatic rings. The maximum Gasteiger partial charge on any atom is 0.269 e. The monoisotopic (exact) mass is 487 g/mol. The molecule has 1 heterocycles. The molecule has 1 N–H and O–H groups in total. The zero-order valence-electron chi connectivity index (χ0n) is 19.1. The van der Waals surface area contributed by atoms with E-state index in [0.717, 1.165) is 17.3 Å². The largest absolute Gasteiger partial charge is 0.497 e. The van der Waals surface area contributed by atoms with Crippen LogP contribution < -0.4 is 15.0 Å². The number of nitriles is 1. The fourth-order valence-corrected chi connectivity index (χ4v) is 5.03. The number of thioether (sulfide) groups is 1. The maximum atomic E-state index is 14.3. The van der Waals surface area contributed by atoms with Crippen LogP contribution in [0.15, 0.2) is 83.4 Å². The summed E-state index contributed by atoms with van der Waals surface area (Å²) in [6.45, 7) is 1.89. The Morgan fingerprint density at radius 1 is 1.14 bits per heavy atom. The molecule has 3 aromatic carbocycles. The second-order valence-corrected chi connectivity index (χ2v) is 9.08. The van der Waals surface area contributed by atoms with Gasteiger partial charge in [0.1, 0.15) is 28.2 Å². The third-order valence-corrected chi connectivity index (χ3v) is 6.74. The number of nitrogens with zero attached hydrogens (tertiary/aromatic N) is 2. The lowest BCUT2D eigenvalue weighted by Crippen LogP contribution is -2.31. The zero-order chi connectivity index (χ0) is 24.9. The number of aryl methyl sites for hydroxylation is 1. The summed E-state index contributed by atoms with van der Waals surface area (Å²) in [6.07, 6.45) is 0.116. The smallest absolute Gasteiger partial charge is 0.269 e. The van der Waals surface area contributed by atoms with Crippen molar-refractivity contribution in [2.24, 2.45) is 0 Å². The first-order valence-electron chi connectivity index (χ1n) is 10.8. The Hall–Kier alpha value is -4.09. The highest BCUT2D eigenvalue weighted by atomic mass is 32.2. The second-order valence-electron chi connectivity index (χ2n) is 7.89. The summed E-state index contributed by atoms with van der Waals surface area (Å²) in [7, 11) is 1.53. The minimum Gasteiger partial charge on any atom is -0.497 e. The predicted molar refractivity (Wildman–Crippen MR) is 134 cm³/mol. The summed E-state index contributed by atoms with van der Waals surface area (Å²) in [6, 6.07) is 22.2. The number of amides is 2. The Kier molecular flexibility index (Phi) is 7.18. The van der Waals surface area contributed by atoms with Crippen molar-refractivity contribution in [3.05, 3.63) is 100 Å². The van der Waals surface area contributed by atoms with Gasteiger partial charge in [-0.3, -0.25) is 14.5 Å². The summed E-state index contributed by atoms with van der Waals surface area (Å²) in [5, 5.41) is 12.2. The number of ether oxygens (including phenoxy) is 1. The molecular formula is C27H22FN3O3S. The molecule has 1 atom stereocenters. The predicted octanol–water partition coefficient (Wildman–Crippen LogP) is 5.21. The Morgan fingerprint density at radius 3 is 2.54 bits per heavy atom. The molecule has 2 amide bonds. The van der Waals surface area contributed by atoms with Gasteiger partial charge in [-0.1, -0.05) is 42.1 Å². The van der Waals surface area contributed by atoms with Gasteiger partial charge in [0.05, 0.1) is 12.4 Å². The number of methoxy groups -OCH3 is 1. The average Bonchev–Trinajstić information content (AvgIpc) is 3.16. The van der Waals surface area contributed by atoms with Gasteiger partial charge in [-0.25, -0.2) is 4.39 Å². The lowest BCUT2D eigenvalue weighted by Gasteiger charge is -2.19. The summed E-state index contributed by atoms with van der Waals surface area (Å²) < 4.78 is 19.5. The van der Waals surface area contributed by atoms with Crippen molar-refractivity contribution in [1.82, 2.24) is 0 Å². The molecule has 1 aliphatic heterocycles. The number of hydrogen-bond acceptors (Lipinski definition) is 5. The van der Waals surface area contributed by atoms with Crippen LogP contribution in [0.25, 0.3) is 0 Å². The Balaban J connectivity index is 1.74. The van der Waals surface area contributed by atoms with Crippen LogP contribution in [-0.2, 0) is 16.0 Å². The third kappa shape index (κ3) is 5.20. The molecule has 1 saturated heterocycles. The van der Waals surface area contributed by atoms with Crippen LogP contribution in [0.3, 0.4) is 0 Å². The van der Waals surface area contributed by atoms with Gasteiger partial charge in [0.15, 0.2) is 0 Å². The van der Waals surface area contributed by atoms with Gasteiger partial charge in [-0.2, -0.15) is 5.26 Å². The lowest BCUT2D eigenvalue weighted by atomic mass is 10.1. The molecule has 0 spiro atoms. The van der Waals surface area contributed by atoms with Crippen LogP contribution in [0.2, 0.25) is 0 Å². The van der Waals surface area contributed by atoms with E-state index in [2.05, 4.69) is 5.32 Å². The minimum atomic E-state index is -0.709. The van der Waals surface area contributed by atoms with Gasteiger partial charge in [-0.05, 0) is 66.9 Å². The fourth-order valence-electron chi connectivity index (χ4n) is 3.73. The molecule has 4 rings (SSSR count). The molecule has 1 fully saturated rings. The molecule has 0 aromatic heterocycles. The number of carbonyl (C=O) groups is 2. The molecule has 6 nitrogen and oxygen atoms in total. The minimum absolute atomic E-state index is 0.116. The Labute approximate surface area is 207 Å². The zero-order valence-corrected chi connectivity index (χ0v) is 19.9. The van der Waals surface area contributed by atoms with Crippen LogP contribution in [0.4, 0.5) is 15.8 Å². The molecule has 0 bridgehead atoms. The molecular weight excluding hydrogens is 465 g/mol. The topological polar surface area (TPSA) is 82.4 Å². The molecule has 0 aliphatic carbocycles. The molecule has 176 valence electrons. The third-order valence-electron chi connectivity index (χ3n) is 5.48. The van der Waals surface area contributed by atoms with E-state index in [-0.39, 0.29) is 22.9 Å². The molecule has 1 aliphatic rings. The number of benzene rings is 3. The summed E-state index contributed by atoms with van der Waals surface area (Å²) in [5.41, 5.74) is 2.15. The molecule has 35 heavy (non-hydrogen) atoms. The van der Waals surface area contributed by atoms with E-state index in [4.69, 9.17) is 4.74 Å². The number of anilines is 2. The highest BCUT2D eigenvalue weighted by molar-refractivity contribution is 8.05. The SMILES string of the molecule is COc1ccc(N2C(=O)C(Cc3ccccc3F)S/C2=C(/C#N)C(=O)Nc2cccc(C)c2)cc1. The first kappa shape index (κ1) is 24.0. The molecule has 8 heteroatoms. The van der Waals surface area contributed by atoms with E-state index in [1.165, 1.54) is 18.1 Å². The van der Waals surface area contributed by atoms with Crippen LogP contribution in [0, 0.1) is 24.1 Å². The Bertz CT molecular complexity index is 1350. The van der Waals surface area contributed by atoms with Crippen molar-refractivity contribution in [3.63, 3.8) is 0 Å². The number of hydrogen-bond donors (Lipinski definition) is 1. The van der Waals surface area contributed by atoms with Crippen LogP contribution in [0.5, 0.6) is 5.75 Å². The standard InChI is InChI=1S/C27H22FN3O3S/c1-17-6-5-8-19(14-17)30-25(32)22(16-29)27-31(20-10-12-21(34-2)13-11-20)26(33)24(35-27)15-18-7-3-4-9-23(18)28/h3-14,24H,15H2,1-2H3,(H,30,32)/b27-22-. The lowest BCUT2D eigenvalue weighted by molar-refractivity contribution is -0.117. The van der Waals surface area contributed by atoms with Crippen LogP contribution >= 0.6 is 11.8 Å². The van der Waals surface area contributed by atoms with Gasteiger partial charge in [0.2, 0.25) is 5.91 Å². The first-order chi connectivity index (χ1) is 16.9. The van der Waals surface area contributed by atoms with Crippen LogP contribution in [0.1, 0.15) is 11.1 Å². The average molecular weight is 488 g/mol.